The van der Waals surface area contributed by atoms with Gasteiger partial charge >= 0.3 is 6.09 Å². The second-order valence-corrected chi connectivity index (χ2v) is 4.77. The number of hydrogen-bond donors (Lipinski definition) is 1. The van der Waals surface area contributed by atoms with Crippen LogP contribution in [0.1, 0.15) is 17.5 Å². The van der Waals surface area contributed by atoms with Crippen LogP contribution in [-0.2, 0) is 11.3 Å². The summed E-state index contributed by atoms with van der Waals surface area (Å²) in [4.78, 5) is 13.2. The molecule has 1 amide bonds. The van der Waals surface area contributed by atoms with Gasteiger partial charge < -0.3 is 10.1 Å². The number of alkyl carbamates (subject to hydrolysis) is 1. The highest BCUT2D eigenvalue weighted by atomic mass is 19.1. The van der Waals surface area contributed by atoms with E-state index in [0.717, 1.165) is 13.0 Å². The smallest absolute Gasteiger partial charge is 0.407 e. The van der Waals surface area contributed by atoms with Gasteiger partial charge in [0.1, 0.15) is 5.82 Å². The number of amides is 1. The number of nitrogens with one attached hydrogen (secondary N) is 1. The van der Waals surface area contributed by atoms with Gasteiger partial charge in [-0.25, -0.2) is 9.18 Å². The average Bonchev–Trinajstić information content (AvgIpc) is 2.86. The quantitative estimate of drug-likeness (QED) is 0.912. The number of halogens is 1. The molecule has 1 aromatic rings. The monoisotopic (exact) mass is 277 g/mol. The third kappa shape index (κ3) is 3.45. The lowest BCUT2D eigenvalue weighted by molar-refractivity contribution is 0.166. The van der Waals surface area contributed by atoms with Crippen molar-refractivity contribution in [2.45, 2.75) is 19.0 Å². The second kappa shape index (κ2) is 6.35. The van der Waals surface area contributed by atoms with Crippen molar-refractivity contribution in [3.63, 3.8) is 0 Å². The van der Waals surface area contributed by atoms with Gasteiger partial charge in [-0.15, -0.1) is 0 Å². The summed E-state index contributed by atoms with van der Waals surface area (Å²) in [7, 11) is 1.33. The van der Waals surface area contributed by atoms with Gasteiger partial charge in [0, 0.05) is 25.7 Å². The van der Waals surface area contributed by atoms with Crippen molar-refractivity contribution in [3.05, 3.63) is 35.1 Å². The van der Waals surface area contributed by atoms with Crippen LogP contribution in [0.3, 0.4) is 0 Å². The van der Waals surface area contributed by atoms with Crippen molar-refractivity contribution in [1.82, 2.24) is 10.2 Å². The zero-order valence-corrected chi connectivity index (χ0v) is 11.2. The molecule has 1 aliphatic rings. The number of methoxy groups -OCH3 is 1. The number of hydrogen-bond acceptors (Lipinski definition) is 4. The SMILES string of the molecule is COC(=O)NC1CCN(Cc2cc(F)ccc2C#N)C1. The Hall–Kier alpha value is -2.13. The lowest BCUT2D eigenvalue weighted by Gasteiger charge is -2.17. The summed E-state index contributed by atoms with van der Waals surface area (Å²) in [6.45, 7) is 1.95. The number of likely N-dealkylation sites (tertiary alicyclic amines) is 1. The molecule has 1 atom stereocenters. The third-order valence-corrected chi connectivity index (χ3v) is 3.36. The summed E-state index contributed by atoms with van der Waals surface area (Å²) in [5.74, 6) is -0.345. The fourth-order valence-electron chi connectivity index (χ4n) is 2.36. The van der Waals surface area contributed by atoms with E-state index in [1.807, 2.05) is 0 Å². The van der Waals surface area contributed by atoms with Gasteiger partial charge in [0.2, 0.25) is 0 Å². The number of carbonyl (C=O) groups is 1. The van der Waals surface area contributed by atoms with Gasteiger partial charge in [-0.05, 0) is 30.2 Å². The Bertz CT molecular complexity index is 542. The molecular formula is C14H16FN3O2. The maximum absolute atomic E-state index is 13.3. The van der Waals surface area contributed by atoms with E-state index >= 15 is 0 Å². The fraction of sp³-hybridized carbons (Fsp3) is 0.429. The van der Waals surface area contributed by atoms with Crippen molar-refractivity contribution in [2.75, 3.05) is 20.2 Å². The van der Waals surface area contributed by atoms with Crippen molar-refractivity contribution in [3.8, 4) is 6.07 Å². The molecule has 0 bridgehead atoms. The van der Waals surface area contributed by atoms with E-state index < -0.39 is 6.09 Å². The first-order valence-corrected chi connectivity index (χ1v) is 6.37. The van der Waals surface area contributed by atoms with Gasteiger partial charge in [-0.1, -0.05) is 0 Å². The molecule has 20 heavy (non-hydrogen) atoms. The number of carbonyl (C=O) groups excluding carboxylic acids is 1. The molecule has 0 saturated carbocycles. The largest absolute Gasteiger partial charge is 0.453 e. The van der Waals surface area contributed by atoms with Crippen molar-refractivity contribution in [1.29, 1.82) is 5.26 Å². The molecule has 0 aliphatic carbocycles. The summed E-state index contributed by atoms with van der Waals surface area (Å²) < 4.78 is 17.8. The highest BCUT2D eigenvalue weighted by molar-refractivity contribution is 5.67. The zero-order valence-electron chi connectivity index (χ0n) is 11.2. The minimum Gasteiger partial charge on any atom is -0.453 e. The molecule has 1 heterocycles. The Morgan fingerprint density at radius 2 is 2.45 bits per heavy atom. The van der Waals surface area contributed by atoms with Crippen LogP contribution in [0.2, 0.25) is 0 Å². The standard InChI is InChI=1S/C14H16FN3O2/c1-20-14(19)17-13-4-5-18(9-13)8-11-6-12(15)3-2-10(11)7-16/h2-3,6,13H,4-5,8-9H2,1H3,(H,17,19). The highest BCUT2D eigenvalue weighted by Crippen LogP contribution is 2.17. The van der Waals surface area contributed by atoms with Crippen LogP contribution >= 0.6 is 0 Å². The van der Waals surface area contributed by atoms with Crippen LogP contribution in [0.4, 0.5) is 9.18 Å². The highest BCUT2D eigenvalue weighted by Gasteiger charge is 2.24. The first-order valence-electron chi connectivity index (χ1n) is 6.37. The van der Waals surface area contributed by atoms with Crippen LogP contribution in [0.5, 0.6) is 0 Å². The number of rotatable bonds is 3. The molecule has 0 spiro atoms. The van der Waals surface area contributed by atoms with Crippen LogP contribution in [-0.4, -0.2) is 37.2 Å². The molecular weight excluding hydrogens is 261 g/mol. The number of nitrogens with zero attached hydrogens (tertiary/aromatic N) is 2. The Kier molecular flexibility index (Phi) is 4.53. The minimum absolute atomic E-state index is 0.0292. The lowest BCUT2D eigenvalue weighted by atomic mass is 10.1. The number of benzene rings is 1. The topological polar surface area (TPSA) is 65.4 Å². The molecule has 5 nitrogen and oxygen atoms in total. The van der Waals surface area contributed by atoms with Gasteiger partial charge in [-0.2, -0.15) is 5.26 Å². The van der Waals surface area contributed by atoms with E-state index in [1.54, 1.807) is 0 Å². The van der Waals surface area contributed by atoms with Crippen LogP contribution in [0.25, 0.3) is 0 Å². The fourth-order valence-corrected chi connectivity index (χ4v) is 2.36. The summed E-state index contributed by atoms with van der Waals surface area (Å²) >= 11 is 0. The number of ether oxygens (including phenoxy) is 1. The van der Waals surface area contributed by atoms with E-state index in [2.05, 4.69) is 21.0 Å². The maximum atomic E-state index is 13.3. The van der Waals surface area contributed by atoms with Crippen LogP contribution in [0.15, 0.2) is 18.2 Å². The lowest BCUT2D eigenvalue weighted by Crippen LogP contribution is -2.36. The predicted octanol–water partition coefficient (Wildman–Crippen LogP) is 1.63. The van der Waals surface area contributed by atoms with Crippen LogP contribution in [0, 0.1) is 17.1 Å². The van der Waals surface area contributed by atoms with Gasteiger partial charge in [-0.3, -0.25) is 4.90 Å². The molecule has 0 aromatic heterocycles. The molecule has 1 fully saturated rings. The van der Waals surface area contributed by atoms with E-state index in [9.17, 15) is 9.18 Å². The minimum atomic E-state index is -0.444. The molecule has 0 radical (unpaired) electrons. The molecule has 1 N–H and O–H groups in total. The summed E-state index contributed by atoms with van der Waals surface area (Å²) in [5, 5.41) is 11.8. The van der Waals surface area contributed by atoms with Gasteiger partial charge in [0.15, 0.2) is 0 Å². The second-order valence-electron chi connectivity index (χ2n) is 4.77. The number of nitriles is 1. The summed E-state index contributed by atoms with van der Waals surface area (Å²) in [6, 6.07) is 6.26. The van der Waals surface area contributed by atoms with Gasteiger partial charge in [0.05, 0.1) is 18.7 Å². The zero-order chi connectivity index (χ0) is 14.5. The third-order valence-electron chi connectivity index (χ3n) is 3.36. The Balaban J connectivity index is 1.97. The molecule has 6 heteroatoms. The molecule has 1 aromatic carbocycles. The molecule has 2 rings (SSSR count). The summed E-state index contributed by atoms with van der Waals surface area (Å²) in [6.07, 6.45) is 0.368. The Labute approximate surface area is 116 Å². The van der Waals surface area contributed by atoms with Crippen LogP contribution < -0.4 is 5.32 Å². The van der Waals surface area contributed by atoms with E-state index in [1.165, 1.54) is 25.3 Å². The van der Waals surface area contributed by atoms with E-state index in [0.29, 0.717) is 24.2 Å². The predicted molar refractivity (Wildman–Crippen MR) is 70.3 cm³/mol. The van der Waals surface area contributed by atoms with E-state index in [-0.39, 0.29) is 11.9 Å². The van der Waals surface area contributed by atoms with Crippen molar-refractivity contribution in [2.24, 2.45) is 0 Å². The van der Waals surface area contributed by atoms with Gasteiger partial charge in [0.25, 0.3) is 0 Å². The molecule has 1 saturated heterocycles. The van der Waals surface area contributed by atoms with Crippen molar-refractivity contribution < 1.29 is 13.9 Å². The maximum Gasteiger partial charge on any atom is 0.407 e. The first-order chi connectivity index (χ1) is 9.62. The molecule has 106 valence electrons. The average molecular weight is 277 g/mol. The molecule has 1 aliphatic heterocycles. The van der Waals surface area contributed by atoms with E-state index in [4.69, 9.17) is 5.26 Å². The first kappa shape index (κ1) is 14.3. The Morgan fingerprint density at radius 3 is 3.15 bits per heavy atom. The Morgan fingerprint density at radius 1 is 1.65 bits per heavy atom. The molecule has 1 unspecified atom stereocenters. The normalized spacial score (nSPS) is 18.6. The van der Waals surface area contributed by atoms with Crippen molar-refractivity contribution >= 4 is 6.09 Å². The summed E-state index contributed by atoms with van der Waals surface area (Å²) in [5.41, 5.74) is 1.15.